The molecule has 3 heterocycles. The fraction of sp³-hybridized carbons (Fsp3) is 0.333. The second-order valence-electron chi connectivity index (χ2n) is 11.0. The highest BCUT2D eigenvalue weighted by Gasteiger charge is 2.36. The summed E-state index contributed by atoms with van der Waals surface area (Å²) in [6.45, 7) is 5.73. The molecule has 1 fully saturated rings. The minimum Gasteiger partial charge on any atom is -0.465 e. The molecule has 0 unspecified atom stereocenters. The summed E-state index contributed by atoms with van der Waals surface area (Å²) >= 11 is 0. The van der Waals surface area contributed by atoms with Crippen LogP contribution < -0.4 is 5.69 Å². The van der Waals surface area contributed by atoms with E-state index in [9.17, 15) is 27.6 Å². The van der Waals surface area contributed by atoms with Gasteiger partial charge in [0, 0.05) is 19.3 Å². The average molecular weight is 583 g/mol. The lowest BCUT2D eigenvalue weighted by molar-refractivity contribution is -0.137. The predicted octanol–water partition coefficient (Wildman–Crippen LogP) is 5.84. The number of hydrogen-bond donors (Lipinski definition) is 0. The van der Waals surface area contributed by atoms with Crippen molar-refractivity contribution in [2.24, 2.45) is 0 Å². The number of nitrogens with zero attached hydrogens (tertiary/aromatic N) is 4. The standard InChI is InChI=1S/C30H29F3N4O5/c1-29(2,3)42-28(40)35-14-13-23(17-35)37-25-24(15-21(16-34-25)30(31,32)33)36(27(37)39)22-11-9-19(10-12-22)18-5-7-20(8-6-18)26(38)41-4/h5-12,15-16,23H,13-14,17H2,1-4H3/t23-/m0/s1. The first-order valence-corrected chi connectivity index (χ1v) is 13.2. The number of alkyl halides is 3. The number of pyridine rings is 1. The highest BCUT2D eigenvalue weighted by atomic mass is 19.4. The van der Waals surface area contributed by atoms with Crippen LogP contribution in [0.2, 0.25) is 0 Å². The third kappa shape index (κ3) is 5.61. The maximum atomic E-state index is 13.9. The molecule has 5 rings (SSSR count). The highest BCUT2D eigenvalue weighted by Crippen LogP contribution is 2.33. The van der Waals surface area contributed by atoms with Crippen molar-refractivity contribution in [1.29, 1.82) is 0 Å². The summed E-state index contributed by atoms with van der Waals surface area (Å²) in [5, 5.41) is 0. The van der Waals surface area contributed by atoms with Gasteiger partial charge >= 0.3 is 23.9 Å². The summed E-state index contributed by atoms with van der Waals surface area (Å²) in [7, 11) is 1.30. The summed E-state index contributed by atoms with van der Waals surface area (Å²) in [6.07, 6.45) is -4.07. The monoisotopic (exact) mass is 582 g/mol. The van der Waals surface area contributed by atoms with Gasteiger partial charge in [0.1, 0.15) is 5.60 Å². The Morgan fingerprint density at radius 1 is 0.976 bits per heavy atom. The smallest absolute Gasteiger partial charge is 0.417 e. The summed E-state index contributed by atoms with van der Waals surface area (Å²) in [6, 6.07) is 13.9. The van der Waals surface area contributed by atoms with E-state index in [2.05, 4.69) is 4.98 Å². The molecule has 0 spiro atoms. The van der Waals surface area contributed by atoms with E-state index in [0.29, 0.717) is 30.4 Å². The second-order valence-corrected chi connectivity index (χ2v) is 11.0. The third-order valence-corrected chi connectivity index (χ3v) is 6.99. The van der Waals surface area contributed by atoms with Crippen molar-refractivity contribution in [1.82, 2.24) is 19.0 Å². The molecule has 0 bridgehead atoms. The van der Waals surface area contributed by atoms with Crippen LogP contribution in [0.1, 0.15) is 49.2 Å². The number of amides is 1. The molecule has 0 saturated carbocycles. The fourth-order valence-corrected chi connectivity index (χ4v) is 5.00. The number of likely N-dealkylation sites (tertiary alicyclic amines) is 1. The van der Waals surface area contributed by atoms with Gasteiger partial charge in [-0.1, -0.05) is 24.3 Å². The molecule has 0 N–H and O–H groups in total. The Morgan fingerprint density at radius 3 is 2.17 bits per heavy atom. The zero-order valence-corrected chi connectivity index (χ0v) is 23.4. The van der Waals surface area contributed by atoms with Crippen LogP contribution >= 0.6 is 0 Å². The van der Waals surface area contributed by atoms with Crippen molar-refractivity contribution in [3.8, 4) is 16.8 Å². The van der Waals surface area contributed by atoms with Crippen LogP contribution in [-0.2, 0) is 15.7 Å². The largest absolute Gasteiger partial charge is 0.465 e. The zero-order chi connectivity index (χ0) is 30.4. The molecule has 1 amide bonds. The predicted molar refractivity (Wildman–Crippen MR) is 149 cm³/mol. The van der Waals surface area contributed by atoms with Crippen molar-refractivity contribution in [2.75, 3.05) is 20.2 Å². The van der Waals surface area contributed by atoms with Gasteiger partial charge in [-0.2, -0.15) is 13.2 Å². The molecule has 0 aliphatic carbocycles. The van der Waals surface area contributed by atoms with Gasteiger partial charge in [0.25, 0.3) is 0 Å². The summed E-state index contributed by atoms with van der Waals surface area (Å²) in [5.74, 6) is -0.462. The zero-order valence-electron chi connectivity index (χ0n) is 23.4. The van der Waals surface area contributed by atoms with E-state index in [1.807, 2.05) is 0 Å². The van der Waals surface area contributed by atoms with Crippen molar-refractivity contribution in [3.63, 3.8) is 0 Å². The van der Waals surface area contributed by atoms with Gasteiger partial charge in [-0.05, 0) is 68.7 Å². The van der Waals surface area contributed by atoms with Gasteiger partial charge in [-0.3, -0.25) is 9.13 Å². The molecule has 1 aliphatic heterocycles. The second kappa shape index (κ2) is 10.7. The number of carbonyl (C=O) groups excluding carboxylic acids is 2. The van der Waals surface area contributed by atoms with Crippen molar-refractivity contribution in [2.45, 2.75) is 45.0 Å². The van der Waals surface area contributed by atoms with Gasteiger partial charge < -0.3 is 14.4 Å². The highest BCUT2D eigenvalue weighted by molar-refractivity contribution is 5.90. The molecule has 1 aliphatic rings. The Balaban J connectivity index is 1.54. The summed E-state index contributed by atoms with van der Waals surface area (Å²) < 4.78 is 53.7. The van der Waals surface area contributed by atoms with E-state index < -0.39 is 41.1 Å². The summed E-state index contributed by atoms with van der Waals surface area (Å²) in [5.41, 5.74) is 0.139. The van der Waals surface area contributed by atoms with E-state index in [1.165, 1.54) is 21.1 Å². The first-order chi connectivity index (χ1) is 19.8. The molecule has 1 saturated heterocycles. The number of fused-ring (bicyclic) bond motifs is 1. The van der Waals surface area contributed by atoms with E-state index in [1.54, 1.807) is 69.3 Å². The summed E-state index contributed by atoms with van der Waals surface area (Å²) in [4.78, 5) is 43.8. The van der Waals surface area contributed by atoms with Crippen LogP contribution in [0.25, 0.3) is 28.0 Å². The molecule has 4 aromatic rings. The normalized spacial score (nSPS) is 15.7. The number of benzene rings is 2. The average Bonchev–Trinajstić information content (AvgIpc) is 3.53. The quantitative estimate of drug-likeness (QED) is 0.281. The molecule has 2 aromatic heterocycles. The van der Waals surface area contributed by atoms with Crippen molar-refractivity contribution >= 4 is 23.2 Å². The van der Waals surface area contributed by atoms with Gasteiger partial charge in [0.05, 0.1) is 35.5 Å². The number of imidazole rings is 1. The first-order valence-electron chi connectivity index (χ1n) is 13.2. The van der Waals surface area contributed by atoms with Gasteiger partial charge in [-0.25, -0.2) is 19.4 Å². The maximum absolute atomic E-state index is 13.9. The third-order valence-electron chi connectivity index (χ3n) is 6.99. The molecule has 0 radical (unpaired) electrons. The maximum Gasteiger partial charge on any atom is 0.417 e. The molecule has 12 heteroatoms. The Bertz CT molecular complexity index is 1700. The van der Waals surface area contributed by atoms with E-state index >= 15 is 0 Å². The first kappa shape index (κ1) is 28.9. The van der Waals surface area contributed by atoms with Crippen LogP contribution in [0, 0.1) is 0 Å². The Labute approximate surface area is 239 Å². The van der Waals surface area contributed by atoms with Crippen molar-refractivity contribution in [3.05, 3.63) is 82.4 Å². The van der Waals surface area contributed by atoms with E-state index in [-0.39, 0.29) is 17.7 Å². The molecule has 220 valence electrons. The van der Waals surface area contributed by atoms with Crippen LogP contribution in [0.4, 0.5) is 18.0 Å². The SMILES string of the molecule is COC(=O)c1ccc(-c2ccc(-n3c(=O)n([C@H]4CCN(C(=O)OC(C)(C)C)C4)c4ncc(C(F)(F)F)cc43)cc2)cc1. The number of esters is 1. The lowest BCUT2D eigenvalue weighted by atomic mass is 10.0. The molecule has 2 aromatic carbocycles. The van der Waals surface area contributed by atoms with Crippen LogP contribution in [0.5, 0.6) is 0 Å². The Kier molecular flexibility index (Phi) is 7.33. The van der Waals surface area contributed by atoms with Crippen LogP contribution in [-0.4, -0.2) is 56.9 Å². The lowest BCUT2D eigenvalue weighted by Crippen LogP contribution is -2.36. The van der Waals surface area contributed by atoms with Crippen LogP contribution in [0.15, 0.2) is 65.6 Å². The van der Waals surface area contributed by atoms with E-state index in [4.69, 9.17) is 9.47 Å². The number of halogens is 3. The number of rotatable bonds is 4. The van der Waals surface area contributed by atoms with Gasteiger partial charge in [-0.15, -0.1) is 0 Å². The molecule has 9 nitrogen and oxygen atoms in total. The Hall–Kier alpha value is -4.61. The minimum absolute atomic E-state index is 0.000670. The van der Waals surface area contributed by atoms with Crippen molar-refractivity contribution < 1.29 is 32.2 Å². The molecular weight excluding hydrogens is 553 g/mol. The van der Waals surface area contributed by atoms with Crippen LogP contribution in [0.3, 0.4) is 0 Å². The topological polar surface area (TPSA) is 95.7 Å². The van der Waals surface area contributed by atoms with Gasteiger partial charge in [0.2, 0.25) is 0 Å². The minimum atomic E-state index is -4.66. The molecule has 42 heavy (non-hydrogen) atoms. The molecule has 1 atom stereocenters. The van der Waals surface area contributed by atoms with Gasteiger partial charge in [0.15, 0.2) is 5.65 Å². The molecular formula is C30H29F3N4O5. The number of methoxy groups -OCH3 is 1. The van der Waals surface area contributed by atoms with E-state index in [0.717, 1.165) is 17.2 Å². The number of carbonyl (C=O) groups is 2. The fourth-order valence-electron chi connectivity index (χ4n) is 5.00. The number of ether oxygens (including phenoxy) is 2. The number of aromatic nitrogens is 3. The lowest BCUT2D eigenvalue weighted by Gasteiger charge is -2.24. The number of hydrogen-bond acceptors (Lipinski definition) is 6. The Morgan fingerprint density at radius 2 is 1.60 bits per heavy atom.